The average molecular weight is 217 g/mol. The smallest absolute Gasteiger partial charge is 0.115 e. The lowest BCUT2D eigenvalue weighted by atomic mass is 9.72. The Kier molecular flexibility index (Phi) is 2.40. The van der Waals surface area contributed by atoms with Crippen LogP contribution in [0.3, 0.4) is 0 Å². The van der Waals surface area contributed by atoms with Gasteiger partial charge in [-0.1, -0.05) is 25.3 Å². The van der Waals surface area contributed by atoms with Crippen LogP contribution < -0.4 is 5.32 Å². The molecule has 0 radical (unpaired) electrons. The normalized spacial score (nSPS) is 23.0. The molecule has 0 unspecified atom stereocenters. The first-order valence-corrected chi connectivity index (χ1v) is 6.38. The van der Waals surface area contributed by atoms with Gasteiger partial charge < -0.3 is 10.4 Å². The third-order valence-electron chi connectivity index (χ3n) is 4.17. The number of nitrogens with one attached hydrogen (secondary N) is 1. The van der Waals surface area contributed by atoms with Crippen LogP contribution in [-0.4, -0.2) is 11.7 Å². The third-order valence-corrected chi connectivity index (χ3v) is 4.17. The van der Waals surface area contributed by atoms with E-state index < -0.39 is 0 Å². The van der Waals surface area contributed by atoms with Gasteiger partial charge in [0.1, 0.15) is 5.75 Å². The molecule has 1 aromatic carbocycles. The minimum Gasteiger partial charge on any atom is -0.508 e. The van der Waals surface area contributed by atoms with Crippen LogP contribution >= 0.6 is 0 Å². The van der Waals surface area contributed by atoms with Crippen molar-refractivity contribution in [2.45, 2.75) is 44.1 Å². The fourth-order valence-corrected chi connectivity index (χ4v) is 3.39. The Morgan fingerprint density at radius 3 is 2.75 bits per heavy atom. The number of fused-ring (bicyclic) bond motifs is 2. The van der Waals surface area contributed by atoms with Crippen LogP contribution in [0.2, 0.25) is 0 Å². The lowest BCUT2D eigenvalue weighted by Crippen LogP contribution is -2.48. The largest absolute Gasteiger partial charge is 0.508 e. The first kappa shape index (κ1) is 10.2. The second-order valence-electron chi connectivity index (χ2n) is 5.16. The Balaban J connectivity index is 2.04. The van der Waals surface area contributed by atoms with Gasteiger partial charge in [-0.05, 0) is 42.5 Å². The van der Waals surface area contributed by atoms with Crippen molar-refractivity contribution in [2.75, 3.05) is 6.54 Å². The second kappa shape index (κ2) is 3.77. The molecule has 0 saturated heterocycles. The van der Waals surface area contributed by atoms with Crippen molar-refractivity contribution in [2.24, 2.45) is 0 Å². The molecule has 2 nitrogen and oxygen atoms in total. The van der Waals surface area contributed by atoms with Gasteiger partial charge in [0, 0.05) is 12.1 Å². The minimum atomic E-state index is 0.222. The van der Waals surface area contributed by atoms with E-state index in [0.29, 0.717) is 5.75 Å². The molecular formula is C14H19NO. The number of rotatable bonds is 0. The van der Waals surface area contributed by atoms with Crippen molar-refractivity contribution in [3.63, 3.8) is 0 Å². The van der Waals surface area contributed by atoms with Gasteiger partial charge in [0.05, 0.1) is 0 Å². The molecule has 1 aliphatic carbocycles. The molecule has 0 amide bonds. The highest BCUT2D eigenvalue weighted by atomic mass is 16.3. The third kappa shape index (κ3) is 1.52. The van der Waals surface area contributed by atoms with Gasteiger partial charge in [-0.3, -0.25) is 0 Å². The van der Waals surface area contributed by atoms with E-state index in [1.807, 2.05) is 12.1 Å². The molecule has 2 aliphatic rings. The first-order valence-electron chi connectivity index (χ1n) is 6.38. The van der Waals surface area contributed by atoms with Gasteiger partial charge in [-0.25, -0.2) is 0 Å². The number of phenols is 1. The molecule has 1 heterocycles. The number of phenolic OH excluding ortho intramolecular Hbond substituents is 1. The summed E-state index contributed by atoms with van der Waals surface area (Å²) < 4.78 is 0. The highest BCUT2D eigenvalue weighted by Gasteiger charge is 2.37. The van der Waals surface area contributed by atoms with E-state index in [9.17, 15) is 5.11 Å². The Bertz CT molecular complexity index is 394. The van der Waals surface area contributed by atoms with Crippen molar-refractivity contribution in [1.82, 2.24) is 5.32 Å². The molecule has 86 valence electrons. The maximum absolute atomic E-state index is 9.55. The molecule has 16 heavy (non-hydrogen) atoms. The standard InChI is InChI=1S/C14H19NO/c16-12-4-5-13-11(10-12)6-9-15-14(13)7-2-1-3-8-14/h4-5,10,15-16H,1-3,6-9H2. The summed E-state index contributed by atoms with van der Waals surface area (Å²) in [6, 6.07) is 5.91. The van der Waals surface area contributed by atoms with E-state index in [0.717, 1.165) is 13.0 Å². The quantitative estimate of drug-likeness (QED) is 0.700. The van der Waals surface area contributed by atoms with E-state index in [2.05, 4.69) is 11.4 Å². The van der Waals surface area contributed by atoms with Crippen molar-refractivity contribution < 1.29 is 5.11 Å². The van der Waals surface area contributed by atoms with Crippen LogP contribution in [-0.2, 0) is 12.0 Å². The molecule has 1 saturated carbocycles. The predicted molar refractivity (Wildman–Crippen MR) is 64.6 cm³/mol. The monoisotopic (exact) mass is 217 g/mol. The molecule has 1 aliphatic heterocycles. The Labute approximate surface area is 96.7 Å². The number of hydrogen-bond acceptors (Lipinski definition) is 2. The van der Waals surface area contributed by atoms with Crippen LogP contribution in [0.25, 0.3) is 0 Å². The van der Waals surface area contributed by atoms with E-state index in [-0.39, 0.29) is 5.54 Å². The summed E-state index contributed by atoms with van der Waals surface area (Å²) in [4.78, 5) is 0. The average Bonchev–Trinajstić information content (AvgIpc) is 2.30. The van der Waals surface area contributed by atoms with Crippen molar-refractivity contribution >= 4 is 0 Å². The van der Waals surface area contributed by atoms with Gasteiger partial charge in [0.15, 0.2) is 0 Å². The molecule has 3 rings (SSSR count). The second-order valence-corrected chi connectivity index (χ2v) is 5.16. The molecular weight excluding hydrogens is 198 g/mol. The zero-order valence-electron chi connectivity index (χ0n) is 9.63. The molecule has 1 spiro atoms. The molecule has 0 bridgehead atoms. The maximum Gasteiger partial charge on any atom is 0.115 e. The number of hydrogen-bond donors (Lipinski definition) is 2. The van der Waals surface area contributed by atoms with Gasteiger partial charge in [-0.15, -0.1) is 0 Å². The van der Waals surface area contributed by atoms with Crippen LogP contribution in [0.5, 0.6) is 5.75 Å². The van der Waals surface area contributed by atoms with Crippen molar-refractivity contribution in [1.29, 1.82) is 0 Å². The maximum atomic E-state index is 9.55. The summed E-state index contributed by atoms with van der Waals surface area (Å²) >= 11 is 0. The van der Waals surface area contributed by atoms with Crippen LogP contribution in [0, 0.1) is 0 Å². The number of aromatic hydroxyl groups is 1. The fraction of sp³-hybridized carbons (Fsp3) is 0.571. The molecule has 2 heteroatoms. The summed E-state index contributed by atoms with van der Waals surface area (Å²) in [7, 11) is 0. The molecule has 1 fully saturated rings. The zero-order chi connectivity index (χ0) is 11.0. The lowest BCUT2D eigenvalue weighted by Gasteiger charge is -2.43. The molecule has 2 N–H and O–H groups in total. The fourth-order valence-electron chi connectivity index (χ4n) is 3.39. The van der Waals surface area contributed by atoms with E-state index in [4.69, 9.17) is 0 Å². The summed E-state index contributed by atoms with van der Waals surface area (Å²) in [6.45, 7) is 1.05. The van der Waals surface area contributed by atoms with Gasteiger partial charge >= 0.3 is 0 Å². The van der Waals surface area contributed by atoms with E-state index in [1.165, 1.54) is 43.2 Å². The SMILES string of the molecule is Oc1ccc2c(c1)CCNC21CCCCC1. The Hall–Kier alpha value is -1.02. The van der Waals surface area contributed by atoms with Gasteiger partial charge in [-0.2, -0.15) is 0 Å². The lowest BCUT2D eigenvalue weighted by molar-refractivity contribution is 0.223. The van der Waals surface area contributed by atoms with Gasteiger partial charge in [0.25, 0.3) is 0 Å². The molecule has 0 atom stereocenters. The first-order chi connectivity index (χ1) is 7.80. The topological polar surface area (TPSA) is 32.3 Å². The highest BCUT2D eigenvalue weighted by molar-refractivity contribution is 5.41. The zero-order valence-corrected chi connectivity index (χ0v) is 9.63. The summed E-state index contributed by atoms with van der Waals surface area (Å²) in [6.07, 6.45) is 7.58. The summed E-state index contributed by atoms with van der Waals surface area (Å²) in [5.74, 6) is 0.409. The summed E-state index contributed by atoms with van der Waals surface area (Å²) in [5.41, 5.74) is 3.01. The van der Waals surface area contributed by atoms with Crippen molar-refractivity contribution in [3.05, 3.63) is 29.3 Å². The van der Waals surface area contributed by atoms with E-state index >= 15 is 0 Å². The van der Waals surface area contributed by atoms with E-state index in [1.54, 1.807) is 0 Å². The Morgan fingerprint density at radius 2 is 1.94 bits per heavy atom. The minimum absolute atomic E-state index is 0.222. The molecule has 1 aromatic rings. The number of benzene rings is 1. The van der Waals surface area contributed by atoms with Crippen molar-refractivity contribution in [3.8, 4) is 5.75 Å². The predicted octanol–water partition coefficient (Wildman–Crippen LogP) is 2.70. The van der Waals surface area contributed by atoms with Crippen LogP contribution in [0.15, 0.2) is 18.2 Å². The van der Waals surface area contributed by atoms with Crippen LogP contribution in [0.4, 0.5) is 0 Å². The highest BCUT2D eigenvalue weighted by Crippen LogP contribution is 2.41. The molecule has 0 aromatic heterocycles. The van der Waals surface area contributed by atoms with Crippen LogP contribution in [0.1, 0.15) is 43.2 Å². The van der Waals surface area contributed by atoms with Gasteiger partial charge in [0.2, 0.25) is 0 Å². The Morgan fingerprint density at radius 1 is 1.12 bits per heavy atom. The summed E-state index contributed by atoms with van der Waals surface area (Å²) in [5, 5.41) is 13.3.